The highest BCUT2D eigenvalue weighted by Gasteiger charge is 2.20. The summed E-state index contributed by atoms with van der Waals surface area (Å²) in [6.07, 6.45) is 3.39. The predicted molar refractivity (Wildman–Crippen MR) is 133 cm³/mol. The first-order chi connectivity index (χ1) is 17.1. The Hall–Kier alpha value is -5.16. The van der Waals surface area contributed by atoms with E-state index in [1.807, 2.05) is 48.5 Å². The van der Waals surface area contributed by atoms with Crippen LogP contribution in [0.25, 0.3) is 33.4 Å². The zero-order valence-electron chi connectivity index (χ0n) is 18.5. The predicted octanol–water partition coefficient (Wildman–Crippen LogP) is 4.14. The maximum absolute atomic E-state index is 13.0. The Kier molecular flexibility index (Phi) is 5.80. The fraction of sp³-hybridized carbons (Fsp3) is 0.0370. The van der Waals surface area contributed by atoms with E-state index in [0.717, 1.165) is 16.5 Å². The van der Waals surface area contributed by atoms with Crippen LogP contribution >= 0.6 is 0 Å². The first kappa shape index (κ1) is 21.7. The van der Waals surface area contributed by atoms with E-state index in [0.29, 0.717) is 28.2 Å². The lowest BCUT2D eigenvalue weighted by Crippen LogP contribution is -2.26. The molecule has 5 aromatic rings. The molecular formula is C27H19N7O. The molecule has 3 aromatic heterocycles. The lowest BCUT2D eigenvalue weighted by Gasteiger charge is -2.14. The summed E-state index contributed by atoms with van der Waals surface area (Å²) in [5, 5.41) is 13.1. The minimum absolute atomic E-state index is 0.00733. The Labute approximate surface area is 201 Å². The fourth-order valence-electron chi connectivity index (χ4n) is 3.73. The normalized spacial score (nSPS) is 10.6. The SMILES string of the molecule is N#Cc1cccc(-c2nc(N)c(C(=O)NCc3ccccn3)nc2-c2ccc3ncccc3c2)c1. The molecule has 0 saturated heterocycles. The number of fused-ring (bicyclic) bond motifs is 1. The third-order valence-corrected chi connectivity index (χ3v) is 5.44. The van der Waals surface area contributed by atoms with Gasteiger partial charge in [0.25, 0.3) is 5.91 Å². The van der Waals surface area contributed by atoms with Crippen molar-refractivity contribution in [2.24, 2.45) is 0 Å². The van der Waals surface area contributed by atoms with Gasteiger partial charge in [-0.15, -0.1) is 0 Å². The van der Waals surface area contributed by atoms with E-state index in [4.69, 9.17) is 5.73 Å². The van der Waals surface area contributed by atoms with Crippen LogP contribution in [-0.4, -0.2) is 25.8 Å². The van der Waals surface area contributed by atoms with Crippen LogP contribution in [0.3, 0.4) is 0 Å². The Morgan fingerprint density at radius 2 is 1.71 bits per heavy atom. The summed E-state index contributed by atoms with van der Waals surface area (Å²) in [6, 6.07) is 24.1. The van der Waals surface area contributed by atoms with E-state index < -0.39 is 5.91 Å². The van der Waals surface area contributed by atoms with Crippen LogP contribution < -0.4 is 11.1 Å². The van der Waals surface area contributed by atoms with Crippen molar-refractivity contribution in [3.63, 3.8) is 0 Å². The average Bonchev–Trinajstić information content (AvgIpc) is 2.92. The molecule has 168 valence electrons. The van der Waals surface area contributed by atoms with Gasteiger partial charge in [0, 0.05) is 28.9 Å². The van der Waals surface area contributed by atoms with Gasteiger partial charge in [0.05, 0.1) is 40.8 Å². The second-order valence-electron chi connectivity index (χ2n) is 7.76. The van der Waals surface area contributed by atoms with Gasteiger partial charge in [-0.05, 0) is 42.5 Å². The Morgan fingerprint density at radius 1 is 0.886 bits per heavy atom. The number of nitrogens with one attached hydrogen (secondary N) is 1. The van der Waals surface area contributed by atoms with E-state index in [1.165, 1.54) is 0 Å². The number of benzene rings is 2. The standard InChI is InChI=1S/C27H19N7O/c28-15-17-5-3-6-19(13-17)24-23(20-9-10-22-18(14-20)7-4-12-31-22)33-25(26(29)34-24)27(35)32-16-21-8-1-2-11-30-21/h1-14H,16H2,(H2,29,34)(H,32,35). The molecule has 0 aliphatic carbocycles. The monoisotopic (exact) mass is 457 g/mol. The average molecular weight is 457 g/mol. The number of aromatic nitrogens is 4. The van der Waals surface area contributed by atoms with Gasteiger partial charge in [0.15, 0.2) is 11.5 Å². The molecule has 0 saturated carbocycles. The molecule has 35 heavy (non-hydrogen) atoms. The Morgan fingerprint density at radius 3 is 2.54 bits per heavy atom. The number of rotatable bonds is 5. The molecule has 0 unspecified atom stereocenters. The summed E-state index contributed by atoms with van der Waals surface area (Å²) in [5.41, 5.74) is 10.6. The summed E-state index contributed by atoms with van der Waals surface area (Å²) >= 11 is 0. The van der Waals surface area contributed by atoms with E-state index in [-0.39, 0.29) is 18.1 Å². The number of hydrogen-bond donors (Lipinski definition) is 2. The van der Waals surface area contributed by atoms with Crippen molar-refractivity contribution in [2.75, 3.05) is 5.73 Å². The van der Waals surface area contributed by atoms with Crippen LogP contribution in [0.2, 0.25) is 0 Å². The van der Waals surface area contributed by atoms with Gasteiger partial charge in [-0.1, -0.05) is 30.3 Å². The number of pyridine rings is 2. The number of hydrogen-bond acceptors (Lipinski definition) is 7. The smallest absolute Gasteiger partial charge is 0.274 e. The van der Waals surface area contributed by atoms with Crippen LogP contribution in [0.5, 0.6) is 0 Å². The maximum atomic E-state index is 13.0. The lowest BCUT2D eigenvalue weighted by atomic mass is 10.0. The molecule has 0 fully saturated rings. The number of carbonyl (C=O) groups is 1. The van der Waals surface area contributed by atoms with E-state index in [9.17, 15) is 10.1 Å². The second-order valence-corrected chi connectivity index (χ2v) is 7.76. The van der Waals surface area contributed by atoms with Crippen molar-refractivity contribution in [3.05, 3.63) is 102 Å². The van der Waals surface area contributed by atoms with Crippen molar-refractivity contribution in [3.8, 4) is 28.6 Å². The lowest BCUT2D eigenvalue weighted by molar-refractivity contribution is 0.0946. The number of carbonyl (C=O) groups excluding carboxylic acids is 1. The molecule has 0 bridgehead atoms. The summed E-state index contributed by atoms with van der Waals surface area (Å²) < 4.78 is 0. The number of nitriles is 1. The largest absolute Gasteiger partial charge is 0.382 e. The number of amides is 1. The van der Waals surface area contributed by atoms with Crippen molar-refractivity contribution in [1.29, 1.82) is 5.26 Å². The summed E-state index contributed by atoms with van der Waals surface area (Å²) in [5.74, 6) is -0.464. The minimum Gasteiger partial charge on any atom is -0.382 e. The first-order valence-corrected chi connectivity index (χ1v) is 10.8. The molecule has 5 rings (SSSR count). The Bertz CT molecular complexity index is 1590. The zero-order chi connectivity index (χ0) is 24.2. The zero-order valence-corrected chi connectivity index (χ0v) is 18.5. The molecule has 8 nitrogen and oxygen atoms in total. The van der Waals surface area contributed by atoms with Crippen LogP contribution in [-0.2, 0) is 6.54 Å². The van der Waals surface area contributed by atoms with E-state index in [1.54, 1.807) is 36.7 Å². The number of nitrogens with zero attached hydrogens (tertiary/aromatic N) is 5. The molecule has 0 atom stereocenters. The highest BCUT2D eigenvalue weighted by molar-refractivity contribution is 5.98. The number of nitrogen functional groups attached to an aromatic ring is 1. The maximum Gasteiger partial charge on any atom is 0.274 e. The molecule has 3 N–H and O–H groups in total. The molecule has 0 aliphatic rings. The van der Waals surface area contributed by atoms with Crippen LogP contribution in [0.1, 0.15) is 21.7 Å². The summed E-state index contributed by atoms with van der Waals surface area (Å²) in [4.78, 5) is 30.8. The number of nitrogens with two attached hydrogens (primary N) is 1. The van der Waals surface area contributed by atoms with E-state index >= 15 is 0 Å². The van der Waals surface area contributed by atoms with Crippen molar-refractivity contribution < 1.29 is 4.79 Å². The molecule has 2 aromatic carbocycles. The molecule has 0 spiro atoms. The van der Waals surface area contributed by atoms with Gasteiger partial charge >= 0.3 is 0 Å². The third kappa shape index (κ3) is 4.51. The molecule has 8 heteroatoms. The quantitative estimate of drug-likeness (QED) is 0.406. The van der Waals surface area contributed by atoms with Gasteiger partial charge in [-0.2, -0.15) is 5.26 Å². The van der Waals surface area contributed by atoms with Gasteiger partial charge < -0.3 is 11.1 Å². The topological polar surface area (TPSA) is 130 Å². The molecule has 3 heterocycles. The second kappa shape index (κ2) is 9.37. The molecule has 0 radical (unpaired) electrons. The van der Waals surface area contributed by atoms with Crippen LogP contribution in [0.15, 0.2) is 85.2 Å². The molecule has 1 amide bonds. The summed E-state index contributed by atoms with van der Waals surface area (Å²) in [7, 11) is 0. The molecular weight excluding hydrogens is 438 g/mol. The number of anilines is 1. The first-order valence-electron chi connectivity index (χ1n) is 10.8. The highest BCUT2D eigenvalue weighted by Crippen LogP contribution is 2.32. The highest BCUT2D eigenvalue weighted by atomic mass is 16.1. The van der Waals surface area contributed by atoms with Gasteiger partial charge in [0.2, 0.25) is 0 Å². The Balaban J connectivity index is 1.62. The van der Waals surface area contributed by atoms with Crippen molar-refractivity contribution in [1.82, 2.24) is 25.3 Å². The van der Waals surface area contributed by atoms with E-state index in [2.05, 4.69) is 31.3 Å². The van der Waals surface area contributed by atoms with Crippen LogP contribution in [0.4, 0.5) is 5.82 Å². The van der Waals surface area contributed by atoms with Crippen LogP contribution in [0, 0.1) is 11.3 Å². The third-order valence-electron chi connectivity index (χ3n) is 5.44. The van der Waals surface area contributed by atoms with Gasteiger partial charge in [-0.25, -0.2) is 9.97 Å². The van der Waals surface area contributed by atoms with Gasteiger partial charge in [-0.3, -0.25) is 14.8 Å². The summed E-state index contributed by atoms with van der Waals surface area (Å²) in [6.45, 7) is 0.226. The minimum atomic E-state index is -0.457. The van der Waals surface area contributed by atoms with Crippen molar-refractivity contribution in [2.45, 2.75) is 6.54 Å². The van der Waals surface area contributed by atoms with Gasteiger partial charge in [0.1, 0.15) is 0 Å². The fourth-order valence-corrected chi connectivity index (χ4v) is 3.73. The molecule has 0 aliphatic heterocycles. The van der Waals surface area contributed by atoms with Crippen molar-refractivity contribution >= 4 is 22.6 Å².